The number of hydrogen-bond acceptors (Lipinski definition) is 4. The Morgan fingerprint density at radius 3 is 2.81 bits per heavy atom. The summed E-state index contributed by atoms with van der Waals surface area (Å²) in [5.74, 6) is -2.26. The van der Waals surface area contributed by atoms with Gasteiger partial charge in [-0.2, -0.15) is 0 Å². The Morgan fingerprint density at radius 2 is 2.19 bits per heavy atom. The first-order valence-corrected chi connectivity index (χ1v) is 5.80. The van der Waals surface area contributed by atoms with E-state index >= 15 is 0 Å². The van der Waals surface area contributed by atoms with Gasteiger partial charge in [-0.1, -0.05) is 0 Å². The second kappa shape index (κ2) is 5.65. The zero-order valence-electron chi connectivity index (χ0n) is 10.8. The number of aromatic nitrogens is 2. The molecule has 0 unspecified atom stereocenters. The molecular weight excluding hydrogens is 286 g/mol. The molecule has 9 heteroatoms. The number of nitrogens with one attached hydrogen (secondary N) is 1. The molecule has 1 N–H and O–H groups in total. The Balaban J connectivity index is 2.11. The smallest absolute Gasteiger partial charge is 0.358 e. The van der Waals surface area contributed by atoms with Crippen molar-refractivity contribution in [1.29, 1.82) is 0 Å². The fourth-order valence-electron chi connectivity index (χ4n) is 1.68. The fraction of sp³-hybridized carbons (Fsp3) is 0.167. The van der Waals surface area contributed by atoms with Crippen molar-refractivity contribution in [1.82, 2.24) is 9.55 Å². The molecule has 0 aliphatic carbocycles. The molecule has 0 fully saturated rings. The number of anilines is 1. The number of rotatable bonds is 4. The maximum Gasteiger partial charge on any atom is 0.381 e. The lowest BCUT2D eigenvalue weighted by molar-refractivity contribution is -0.389. The molecule has 2 rings (SSSR count). The van der Waals surface area contributed by atoms with Gasteiger partial charge in [0.15, 0.2) is 0 Å². The molecule has 1 heterocycles. The predicted molar refractivity (Wildman–Crippen MR) is 68.6 cm³/mol. The molecule has 2 aromatic rings. The Kier molecular flexibility index (Phi) is 3.92. The van der Waals surface area contributed by atoms with Gasteiger partial charge in [-0.3, -0.25) is 9.36 Å². The van der Waals surface area contributed by atoms with E-state index in [1.807, 2.05) is 0 Å². The topological polar surface area (TPSA) is 90.1 Å². The lowest BCUT2D eigenvalue weighted by Gasteiger charge is -2.07. The molecule has 0 atom stereocenters. The highest BCUT2D eigenvalue weighted by atomic mass is 19.1. The van der Waals surface area contributed by atoms with Crippen LogP contribution in [-0.4, -0.2) is 20.4 Å². The van der Waals surface area contributed by atoms with Gasteiger partial charge in [-0.05, 0) is 22.0 Å². The third-order valence-electron chi connectivity index (χ3n) is 2.67. The molecule has 0 spiro atoms. The fourth-order valence-corrected chi connectivity index (χ4v) is 1.68. The van der Waals surface area contributed by atoms with Crippen LogP contribution in [0.3, 0.4) is 0 Å². The van der Waals surface area contributed by atoms with E-state index in [4.69, 9.17) is 0 Å². The Morgan fingerprint density at radius 1 is 1.48 bits per heavy atom. The quantitative estimate of drug-likeness (QED) is 0.690. The number of imidazole rings is 1. The molecule has 0 bridgehead atoms. The number of nitro groups is 1. The standard InChI is InChI=1S/C12H10F2N4O3/c1-7-15-11(18(20)21)5-17(7)6-12(19)16-10-4-8(13)2-3-9(10)14/h2-5H,6H2,1H3,(H,16,19). The highest BCUT2D eigenvalue weighted by Gasteiger charge is 2.17. The third kappa shape index (κ3) is 3.38. The summed E-state index contributed by atoms with van der Waals surface area (Å²) in [6.07, 6.45) is 1.09. The number of amides is 1. The van der Waals surface area contributed by atoms with Crippen LogP contribution in [0.2, 0.25) is 0 Å². The molecule has 21 heavy (non-hydrogen) atoms. The van der Waals surface area contributed by atoms with Crippen molar-refractivity contribution in [2.45, 2.75) is 13.5 Å². The zero-order valence-corrected chi connectivity index (χ0v) is 10.8. The third-order valence-corrected chi connectivity index (χ3v) is 2.67. The van der Waals surface area contributed by atoms with E-state index in [0.717, 1.165) is 24.4 Å². The lowest BCUT2D eigenvalue weighted by atomic mass is 10.3. The van der Waals surface area contributed by atoms with Crippen LogP contribution < -0.4 is 5.32 Å². The van der Waals surface area contributed by atoms with E-state index < -0.39 is 28.3 Å². The summed E-state index contributed by atoms with van der Waals surface area (Å²) in [7, 11) is 0. The van der Waals surface area contributed by atoms with Crippen LogP contribution >= 0.6 is 0 Å². The van der Waals surface area contributed by atoms with Crippen LogP contribution in [0, 0.1) is 28.7 Å². The van der Waals surface area contributed by atoms with Crippen molar-refractivity contribution in [3.05, 3.63) is 52.0 Å². The molecule has 0 saturated carbocycles. The van der Waals surface area contributed by atoms with Gasteiger partial charge in [0.2, 0.25) is 11.7 Å². The van der Waals surface area contributed by atoms with E-state index in [0.29, 0.717) is 0 Å². The first-order valence-electron chi connectivity index (χ1n) is 5.80. The summed E-state index contributed by atoms with van der Waals surface area (Å²) in [4.78, 5) is 25.3. The minimum absolute atomic E-state index is 0.261. The first-order chi connectivity index (χ1) is 9.86. The molecule has 0 radical (unpaired) electrons. The van der Waals surface area contributed by atoms with E-state index in [-0.39, 0.29) is 18.1 Å². The summed E-state index contributed by atoms with van der Waals surface area (Å²) < 4.78 is 27.6. The summed E-state index contributed by atoms with van der Waals surface area (Å²) in [5.41, 5.74) is -0.299. The second-order valence-electron chi connectivity index (χ2n) is 4.20. The molecule has 0 aliphatic rings. The molecule has 1 aromatic heterocycles. The van der Waals surface area contributed by atoms with Crippen LogP contribution in [0.15, 0.2) is 24.4 Å². The van der Waals surface area contributed by atoms with Gasteiger partial charge in [0.25, 0.3) is 0 Å². The predicted octanol–water partition coefficient (Wildman–Crippen LogP) is 2.02. The van der Waals surface area contributed by atoms with Crippen molar-refractivity contribution in [2.75, 3.05) is 5.32 Å². The van der Waals surface area contributed by atoms with Gasteiger partial charge in [0.1, 0.15) is 24.4 Å². The van der Waals surface area contributed by atoms with E-state index in [2.05, 4.69) is 10.3 Å². The monoisotopic (exact) mass is 296 g/mol. The summed E-state index contributed by atoms with van der Waals surface area (Å²) in [5, 5.41) is 12.8. The van der Waals surface area contributed by atoms with Gasteiger partial charge in [0, 0.05) is 13.0 Å². The number of halogens is 2. The maximum absolute atomic E-state index is 13.4. The van der Waals surface area contributed by atoms with Crippen molar-refractivity contribution in [2.24, 2.45) is 0 Å². The molecule has 0 aliphatic heterocycles. The van der Waals surface area contributed by atoms with Gasteiger partial charge in [0.05, 0.1) is 5.69 Å². The van der Waals surface area contributed by atoms with Crippen molar-refractivity contribution >= 4 is 17.4 Å². The molecule has 1 amide bonds. The normalized spacial score (nSPS) is 10.4. The number of aryl methyl sites for hydroxylation is 1. The van der Waals surface area contributed by atoms with Crippen LogP contribution in [-0.2, 0) is 11.3 Å². The number of hydrogen-bond donors (Lipinski definition) is 1. The average molecular weight is 296 g/mol. The largest absolute Gasteiger partial charge is 0.381 e. The zero-order chi connectivity index (χ0) is 15.6. The van der Waals surface area contributed by atoms with E-state index in [9.17, 15) is 23.7 Å². The molecule has 1 aromatic carbocycles. The number of carbonyl (C=O) groups is 1. The van der Waals surface area contributed by atoms with Gasteiger partial charge in [-0.25, -0.2) is 8.78 Å². The molecule has 110 valence electrons. The number of nitrogens with zero attached hydrogens (tertiary/aromatic N) is 3. The molecule has 7 nitrogen and oxygen atoms in total. The van der Waals surface area contributed by atoms with Crippen molar-refractivity contribution < 1.29 is 18.5 Å². The van der Waals surface area contributed by atoms with Gasteiger partial charge in [-0.15, -0.1) is 0 Å². The van der Waals surface area contributed by atoms with E-state index in [1.165, 1.54) is 11.5 Å². The van der Waals surface area contributed by atoms with Crippen LogP contribution in [0.5, 0.6) is 0 Å². The van der Waals surface area contributed by atoms with Crippen LogP contribution in [0.1, 0.15) is 5.82 Å². The van der Waals surface area contributed by atoms with Gasteiger partial charge < -0.3 is 15.4 Å². The van der Waals surface area contributed by atoms with Crippen LogP contribution in [0.4, 0.5) is 20.3 Å². The minimum atomic E-state index is -0.780. The molecular formula is C12H10F2N4O3. The van der Waals surface area contributed by atoms with Gasteiger partial charge >= 0.3 is 5.82 Å². The SMILES string of the molecule is Cc1nc([N+](=O)[O-])cn1CC(=O)Nc1cc(F)ccc1F. The van der Waals surface area contributed by atoms with E-state index in [1.54, 1.807) is 0 Å². The summed E-state index contributed by atoms with van der Waals surface area (Å²) in [6, 6.07) is 2.66. The summed E-state index contributed by atoms with van der Waals surface area (Å²) >= 11 is 0. The lowest BCUT2D eigenvalue weighted by Crippen LogP contribution is -2.19. The summed E-state index contributed by atoms with van der Waals surface area (Å²) in [6.45, 7) is 1.19. The Bertz CT molecular complexity index is 715. The second-order valence-corrected chi connectivity index (χ2v) is 4.20. The highest BCUT2D eigenvalue weighted by molar-refractivity contribution is 5.90. The average Bonchev–Trinajstić information content (AvgIpc) is 2.75. The highest BCUT2D eigenvalue weighted by Crippen LogP contribution is 2.16. The van der Waals surface area contributed by atoms with Crippen molar-refractivity contribution in [3.8, 4) is 0 Å². The Labute approximate surface area is 117 Å². The number of carbonyl (C=O) groups excluding carboxylic acids is 1. The minimum Gasteiger partial charge on any atom is -0.358 e. The van der Waals surface area contributed by atoms with Crippen molar-refractivity contribution in [3.63, 3.8) is 0 Å². The molecule has 0 saturated heterocycles. The Hall–Kier alpha value is -2.84. The first kappa shape index (κ1) is 14.6. The maximum atomic E-state index is 13.4. The van der Waals surface area contributed by atoms with Crippen LogP contribution in [0.25, 0.3) is 0 Å². The number of benzene rings is 1.